The molecule has 4 rings (SSSR count). The van der Waals surface area contributed by atoms with Crippen molar-refractivity contribution in [1.82, 2.24) is 0 Å². The van der Waals surface area contributed by atoms with Crippen LogP contribution in [0.4, 0.5) is 0 Å². The lowest BCUT2D eigenvalue weighted by atomic mass is 9.61. The van der Waals surface area contributed by atoms with Crippen LogP contribution in [0.5, 0.6) is 17.2 Å². The van der Waals surface area contributed by atoms with Gasteiger partial charge < -0.3 is 15.3 Å². The molecule has 28 heavy (non-hydrogen) atoms. The van der Waals surface area contributed by atoms with Crippen LogP contribution in [0.1, 0.15) is 53.9 Å². The molecule has 1 aliphatic carbocycles. The predicted molar refractivity (Wildman–Crippen MR) is 111 cm³/mol. The van der Waals surface area contributed by atoms with E-state index in [0.29, 0.717) is 17.4 Å². The van der Waals surface area contributed by atoms with Crippen LogP contribution in [0, 0.1) is 6.92 Å². The number of phenolic OH excluding ortho intramolecular Hbond substituents is 3. The molecule has 3 aromatic carbocycles. The third-order valence-corrected chi connectivity index (χ3v) is 6.28. The summed E-state index contributed by atoms with van der Waals surface area (Å²) < 4.78 is 0. The summed E-state index contributed by atoms with van der Waals surface area (Å²) in [4.78, 5) is 0. The van der Waals surface area contributed by atoms with Gasteiger partial charge in [0.25, 0.3) is 0 Å². The number of rotatable bonds is 3. The number of aromatic hydroxyl groups is 3. The van der Waals surface area contributed by atoms with Crippen molar-refractivity contribution < 1.29 is 15.3 Å². The van der Waals surface area contributed by atoms with Gasteiger partial charge in [-0.3, -0.25) is 0 Å². The van der Waals surface area contributed by atoms with E-state index in [4.69, 9.17) is 0 Å². The Morgan fingerprint density at radius 1 is 0.786 bits per heavy atom. The molecule has 0 saturated heterocycles. The molecule has 0 heterocycles. The molecule has 0 aliphatic heterocycles. The molecule has 3 heteroatoms. The van der Waals surface area contributed by atoms with Crippen molar-refractivity contribution >= 4 is 0 Å². The van der Waals surface area contributed by atoms with Gasteiger partial charge in [0.05, 0.1) is 0 Å². The Morgan fingerprint density at radius 3 is 2.04 bits per heavy atom. The van der Waals surface area contributed by atoms with E-state index in [1.165, 1.54) is 16.7 Å². The molecule has 0 spiro atoms. The lowest BCUT2D eigenvalue weighted by molar-refractivity contribution is 0.309. The normalized spacial score (nSPS) is 22.1. The Hall–Kier alpha value is -2.94. The summed E-state index contributed by atoms with van der Waals surface area (Å²) in [6.45, 7) is 1.93. The standard InChI is InChI=1S/C25H26O3/c1-17-15-21(8-13-24(17)28)25(20-6-11-23(27)12-7-20)14-2-3-19(16-25)18-4-9-22(26)10-5-18/h4-13,15,19,26-28H,2-3,14,16H2,1H3. The van der Waals surface area contributed by atoms with E-state index in [1.54, 1.807) is 30.3 Å². The molecule has 1 saturated carbocycles. The highest BCUT2D eigenvalue weighted by Gasteiger charge is 2.40. The zero-order valence-corrected chi connectivity index (χ0v) is 16.1. The number of hydrogen-bond donors (Lipinski definition) is 3. The van der Waals surface area contributed by atoms with Gasteiger partial charge in [0.2, 0.25) is 0 Å². The number of phenols is 3. The third-order valence-electron chi connectivity index (χ3n) is 6.28. The molecular formula is C25H26O3. The van der Waals surface area contributed by atoms with Crippen LogP contribution in [0.3, 0.4) is 0 Å². The number of benzene rings is 3. The second kappa shape index (κ2) is 7.23. The Kier molecular flexibility index (Phi) is 4.76. The van der Waals surface area contributed by atoms with Gasteiger partial charge >= 0.3 is 0 Å². The quantitative estimate of drug-likeness (QED) is 0.546. The molecule has 1 aliphatic rings. The van der Waals surface area contributed by atoms with Gasteiger partial charge in [-0.1, -0.05) is 42.8 Å². The summed E-state index contributed by atoms with van der Waals surface area (Å²) in [7, 11) is 0. The van der Waals surface area contributed by atoms with Gasteiger partial charge in [0, 0.05) is 5.41 Å². The van der Waals surface area contributed by atoms with Crippen LogP contribution in [0.25, 0.3) is 0 Å². The van der Waals surface area contributed by atoms with E-state index in [0.717, 1.165) is 31.2 Å². The zero-order valence-electron chi connectivity index (χ0n) is 16.1. The van der Waals surface area contributed by atoms with Crippen LogP contribution < -0.4 is 0 Å². The molecule has 3 N–H and O–H groups in total. The summed E-state index contributed by atoms with van der Waals surface area (Å²) >= 11 is 0. The lowest BCUT2D eigenvalue weighted by Crippen LogP contribution is -2.33. The molecule has 3 nitrogen and oxygen atoms in total. The summed E-state index contributed by atoms with van der Waals surface area (Å²) in [5, 5.41) is 29.5. The molecule has 144 valence electrons. The van der Waals surface area contributed by atoms with Crippen LogP contribution in [0.2, 0.25) is 0 Å². The summed E-state index contributed by atoms with van der Waals surface area (Å²) in [6.07, 6.45) is 4.18. The minimum Gasteiger partial charge on any atom is -0.508 e. The SMILES string of the molecule is Cc1cc(C2(c3ccc(O)cc3)CCCC(c3ccc(O)cc3)C2)ccc1O. The maximum absolute atomic E-state index is 10.0. The molecule has 3 aromatic rings. The maximum atomic E-state index is 10.0. The fraction of sp³-hybridized carbons (Fsp3) is 0.280. The molecule has 2 atom stereocenters. The molecule has 0 radical (unpaired) electrons. The van der Waals surface area contributed by atoms with Crippen LogP contribution in [0.15, 0.2) is 66.7 Å². The first-order chi connectivity index (χ1) is 13.5. The first-order valence-corrected chi connectivity index (χ1v) is 9.86. The Balaban J connectivity index is 1.81. The average Bonchev–Trinajstić information content (AvgIpc) is 2.71. The van der Waals surface area contributed by atoms with Crippen molar-refractivity contribution in [2.75, 3.05) is 0 Å². The summed E-state index contributed by atoms with van der Waals surface area (Å²) in [6, 6.07) is 21.1. The molecule has 0 amide bonds. The monoisotopic (exact) mass is 374 g/mol. The predicted octanol–water partition coefficient (Wildman–Crippen LogP) is 5.76. The minimum absolute atomic E-state index is 0.174. The highest BCUT2D eigenvalue weighted by atomic mass is 16.3. The molecule has 2 unspecified atom stereocenters. The van der Waals surface area contributed by atoms with Gasteiger partial charge in [0.15, 0.2) is 0 Å². The van der Waals surface area contributed by atoms with Crippen molar-refractivity contribution in [1.29, 1.82) is 0 Å². The third kappa shape index (κ3) is 3.33. The van der Waals surface area contributed by atoms with E-state index < -0.39 is 0 Å². The second-order valence-electron chi connectivity index (χ2n) is 8.02. The Labute approximate surface area is 165 Å². The Bertz CT molecular complexity index is 960. The van der Waals surface area contributed by atoms with Gasteiger partial charge in [-0.25, -0.2) is 0 Å². The van der Waals surface area contributed by atoms with Crippen molar-refractivity contribution in [2.45, 2.75) is 43.9 Å². The number of aryl methyl sites for hydroxylation is 1. The van der Waals surface area contributed by atoms with Crippen LogP contribution in [-0.4, -0.2) is 15.3 Å². The van der Waals surface area contributed by atoms with Crippen molar-refractivity contribution in [2.24, 2.45) is 0 Å². The van der Waals surface area contributed by atoms with Crippen molar-refractivity contribution in [3.05, 3.63) is 89.0 Å². The van der Waals surface area contributed by atoms with Gasteiger partial charge in [-0.2, -0.15) is 0 Å². The minimum atomic E-state index is -0.174. The maximum Gasteiger partial charge on any atom is 0.118 e. The smallest absolute Gasteiger partial charge is 0.118 e. The van der Waals surface area contributed by atoms with Gasteiger partial charge in [-0.15, -0.1) is 0 Å². The molecular weight excluding hydrogens is 348 g/mol. The molecule has 0 aromatic heterocycles. The second-order valence-corrected chi connectivity index (χ2v) is 8.02. The fourth-order valence-corrected chi connectivity index (χ4v) is 4.73. The van der Waals surface area contributed by atoms with Crippen molar-refractivity contribution in [3.63, 3.8) is 0 Å². The zero-order chi connectivity index (χ0) is 19.7. The molecule has 0 bridgehead atoms. The van der Waals surface area contributed by atoms with Crippen LogP contribution in [-0.2, 0) is 5.41 Å². The first kappa shape index (κ1) is 18.4. The average molecular weight is 374 g/mol. The molecule has 1 fully saturated rings. The Morgan fingerprint density at radius 2 is 1.39 bits per heavy atom. The topological polar surface area (TPSA) is 60.7 Å². The van der Waals surface area contributed by atoms with Crippen molar-refractivity contribution in [3.8, 4) is 17.2 Å². The van der Waals surface area contributed by atoms with E-state index in [2.05, 4.69) is 6.07 Å². The fourth-order valence-electron chi connectivity index (χ4n) is 4.73. The van der Waals surface area contributed by atoms with Crippen LogP contribution >= 0.6 is 0 Å². The first-order valence-electron chi connectivity index (χ1n) is 9.86. The highest BCUT2D eigenvalue weighted by Crippen LogP contribution is 2.50. The summed E-state index contributed by atoms with van der Waals surface area (Å²) in [5.74, 6) is 1.26. The van der Waals surface area contributed by atoms with Gasteiger partial charge in [-0.05, 0) is 84.7 Å². The summed E-state index contributed by atoms with van der Waals surface area (Å²) in [5.41, 5.74) is 4.35. The highest BCUT2D eigenvalue weighted by molar-refractivity contribution is 5.47. The van der Waals surface area contributed by atoms with Gasteiger partial charge in [0.1, 0.15) is 17.2 Å². The number of hydrogen-bond acceptors (Lipinski definition) is 3. The van der Waals surface area contributed by atoms with E-state index in [9.17, 15) is 15.3 Å². The lowest BCUT2D eigenvalue weighted by Gasteiger charge is -2.42. The van der Waals surface area contributed by atoms with E-state index >= 15 is 0 Å². The van der Waals surface area contributed by atoms with E-state index in [-0.39, 0.29) is 11.2 Å². The largest absolute Gasteiger partial charge is 0.508 e. The van der Waals surface area contributed by atoms with E-state index in [1.807, 2.05) is 37.3 Å².